The molecule has 4 nitrogen and oxygen atoms in total. The zero-order chi connectivity index (χ0) is 24.7. The lowest BCUT2D eigenvalue weighted by atomic mass is 9.73. The van der Waals surface area contributed by atoms with E-state index in [0.717, 1.165) is 28.2 Å². The minimum atomic E-state index is -0.568. The van der Waals surface area contributed by atoms with E-state index in [1.165, 1.54) is 0 Å². The number of fused-ring (bicyclic) bond motifs is 1. The molecular weight excluding hydrogens is 479 g/mol. The van der Waals surface area contributed by atoms with E-state index in [-0.39, 0.29) is 23.5 Å². The van der Waals surface area contributed by atoms with Crippen molar-refractivity contribution in [1.29, 1.82) is 0 Å². The van der Waals surface area contributed by atoms with Crippen LogP contribution in [-0.2, 0) is 16.0 Å². The van der Waals surface area contributed by atoms with E-state index >= 15 is 0 Å². The van der Waals surface area contributed by atoms with Crippen molar-refractivity contribution in [2.75, 3.05) is 10.2 Å². The molecule has 1 N–H and O–H groups in total. The molecule has 3 aromatic rings. The number of hydrogen-bond acceptors (Lipinski definition) is 3. The lowest BCUT2D eigenvalue weighted by Gasteiger charge is -2.37. The number of carbonyl (C=O) groups is 2. The highest BCUT2D eigenvalue weighted by atomic mass is 35.5. The van der Waals surface area contributed by atoms with Crippen molar-refractivity contribution in [3.8, 4) is 0 Å². The summed E-state index contributed by atoms with van der Waals surface area (Å²) in [6.45, 7) is 4.21. The second-order valence-corrected chi connectivity index (χ2v) is 10.9. The molecule has 1 amide bonds. The Kier molecular flexibility index (Phi) is 6.20. The first-order valence-electron chi connectivity index (χ1n) is 11.7. The highest BCUT2D eigenvalue weighted by Crippen LogP contribution is 2.48. The quantitative estimate of drug-likeness (QED) is 0.404. The number of allylic oxidation sites excluding steroid dienone is 1. The summed E-state index contributed by atoms with van der Waals surface area (Å²) < 4.78 is 0. The maximum Gasteiger partial charge on any atom is 0.232 e. The van der Waals surface area contributed by atoms with E-state index in [1.807, 2.05) is 48.5 Å². The number of halogens is 2. The molecule has 178 valence electrons. The summed E-state index contributed by atoms with van der Waals surface area (Å²) >= 11 is 12.3. The second kappa shape index (κ2) is 9.18. The Balaban J connectivity index is 1.70. The van der Waals surface area contributed by atoms with Gasteiger partial charge < -0.3 is 5.32 Å². The van der Waals surface area contributed by atoms with Crippen LogP contribution in [0.15, 0.2) is 84.1 Å². The van der Waals surface area contributed by atoms with Crippen molar-refractivity contribution in [3.63, 3.8) is 0 Å². The third kappa shape index (κ3) is 4.73. The Bertz CT molecular complexity index is 1330. The highest BCUT2D eigenvalue weighted by Gasteiger charge is 2.43. The molecule has 5 rings (SSSR count). The van der Waals surface area contributed by atoms with Crippen LogP contribution in [0.3, 0.4) is 0 Å². The molecule has 0 aromatic heterocycles. The number of rotatable bonds is 3. The number of para-hydroxylation sites is 2. The average molecular weight is 505 g/mol. The molecule has 0 radical (unpaired) electrons. The molecule has 3 aromatic carbocycles. The zero-order valence-corrected chi connectivity index (χ0v) is 21.2. The van der Waals surface area contributed by atoms with Crippen LogP contribution in [0.1, 0.15) is 43.9 Å². The Morgan fingerprint density at radius 3 is 2.26 bits per heavy atom. The summed E-state index contributed by atoms with van der Waals surface area (Å²) in [5.41, 5.74) is 4.60. The number of carbonyl (C=O) groups excluding carboxylic acids is 2. The summed E-state index contributed by atoms with van der Waals surface area (Å²) in [5, 5.41) is 4.76. The fourth-order valence-corrected chi connectivity index (χ4v) is 5.34. The van der Waals surface area contributed by atoms with Crippen LogP contribution in [-0.4, -0.2) is 11.7 Å². The first kappa shape index (κ1) is 23.7. The minimum absolute atomic E-state index is 0.0563. The Hall–Kier alpha value is -3.08. The summed E-state index contributed by atoms with van der Waals surface area (Å²) in [7, 11) is 0. The van der Waals surface area contributed by atoms with Crippen molar-refractivity contribution in [1.82, 2.24) is 0 Å². The number of ketones is 1. The summed E-state index contributed by atoms with van der Waals surface area (Å²) in [5.74, 6) is -0.0475. The van der Waals surface area contributed by atoms with E-state index in [0.29, 0.717) is 28.5 Å². The van der Waals surface area contributed by atoms with Gasteiger partial charge in [-0.3, -0.25) is 14.5 Å². The van der Waals surface area contributed by atoms with Gasteiger partial charge in [-0.25, -0.2) is 0 Å². The van der Waals surface area contributed by atoms with Crippen LogP contribution in [0, 0.1) is 5.41 Å². The Morgan fingerprint density at radius 2 is 1.57 bits per heavy atom. The number of amides is 1. The van der Waals surface area contributed by atoms with Crippen molar-refractivity contribution in [2.24, 2.45) is 5.41 Å². The number of benzene rings is 3. The summed E-state index contributed by atoms with van der Waals surface area (Å²) in [4.78, 5) is 29.5. The molecule has 1 aliphatic heterocycles. The minimum Gasteiger partial charge on any atom is -0.357 e. The van der Waals surface area contributed by atoms with Gasteiger partial charge >= 0.3 is 0 Å². The van der Waals surface area contributed by atoms with Crippen LogP contribution in [0.4, 0.5) is 11.4 Å². The first-order valence-corrected chi connectivity index (χ1v) is 12.4. The third-order valence-electron chi connectivity index (χ3n) is 6.62. The third-order valence-corrected chi connectivity index (χ3v) is 7.13. The molecule has 35 heavy (non-hydrogen) atoms. The van der Waals surface area contributed by atoms with Crippen LogP contribution < -0.4 is 10.2 Å². The number of nitrogens with one attached hydrogen (secondary N) is 1. The Morgan fingerprint density at radius 1 is 0.943 bits per heavy atom. The molecular formula is C29H26Cl2N2O2. The van der Waals surface area contributed by atoms with E-state index in [9.17, 15) is 9.59 Å². The lowest BCUT2D eigenvalue weighted by molar-refractivity contribution is -0.119. The maximum atomic E-state index is 14.0. The topological polar surface area (TPSA) is 49.4 Å². The molecule has 0 bridgehead atoms. The van der Waals surface area contributed by atoms with Gasteiger partial charge in [-0.2, -0.15) is 0 Å². The fraction of sp³-hybridized carbons (Fsp3) is 0.241. The highest BCUT2D eigenvalue weighted by molar-refractivity contribution is 6.30. The molecule has 0 spiro atoms. The predicted octanol–water partition coefficient (Wildman–Crippen LogP) is 7.38. The lowest BCUT2D eigenvalue weighted by Crippen LogP contribution is -2.40. The van der Waals surface area contributed by atoms with Crippen molar-refractivity contribution >= 4 is 46.3 Å². The zero-order valence-electron chi connectivity index (χ0n) is 19.6. The molecule has 2 aliphatic rings. The molecule has 1 aliphatic carbocycles. The monoisotopic (exact) mass is 504 g/mol. The maximum absolute atomic E-state index is 14.0. The number of hydrogen-bond donors (Lipinski definition) is 1. The molecule has 0 unspecified atom stereocenters. The SMILES string of the molecule is CC1(C)CC(=O)C2=C(C1)Nc1ccccc1N(C(=O)Cc1ccc(Cl)cc1)[C@@H]2c1ccc(Cl)cc1. The second-order valence-electron chi connectivity index (χ2n) is 10.00. The van der Waals surface area contributed by atoms with Gasteiger partial charge in [0.2, 0.25) is 5.91 Å². The summed E-state index contributed by atoms with van der Waals surface area (Å²) in [6.07, 6.45) is 1.32. The van der Waals surface area contributed by atoms with E-state index in [2.05, 4.69) is 19.2 Å². The molecule has 0 fully saturated rings. The standard InChI is InChI=1S/C29H26Cl2N2O2/c1-29(2)16-23-27(25(34)17-29)28(19-9-13-21(31)14-10-19)33(24-6-4-3-5-22(24)32-23)26(35)15-18-7-11-20(30)12-8-18/h3-14,28,32H,15-17H2,1-2H3/t28-/m1/s1. The molecule has 0 saturated carbocycles. The van der Waals surface area contributed by atoms with Crippen LogP contribution in [0.5, 0.6) is 0 Å². The number of nitrogens with zero attached hydrogens (tertiary/aromatic N) is 1. The van der Waals surface area contributed by atoms with Gasteiger partial charge in [0.05, 0.1) is 23.8 Å². The average Bonchev–Trinajstić information content (AvgIpc) is 2.94. The Labute approximate surface area is 215 Å². The van der Waals surface area contributed by atoms with Crippen molar-refractivity contribution in [2.45, 2.75) is 39.2 Å². The van der Waals surface area contributed by atoms with Gasteiger partial charge in [0.15, 0.2) is 5.78 Å². The van der Waals surface area contributed by atoms with E-state index < -0.39 is 6.04 Å². The number of Topliss-reactive ketones (excluding diaryl/α,β-unsaturated/α-hetero) is 1. The molecule has 0 saturated heterocycles. The van der Waals surface area contributed by atoms with Crippen LogP contribution in [0.25, 0.3) is 0 Å². The number of anilines is 2. The van der Waals surface area contributed by atoms with Gasteiger partial charge in [0.25, 0.3) is 0 Å². The van der Waals surface area contributed by atoms with Gasteiger partial charge in [-0.05, 0) is 59.4 Å². The smallest absolute Gasteiger partial charge is 0.232 e. The fourth-order valence-electron chi connectivity index (χ4n) is 5.08. The predicted molar refractivity (Wildman–Crippen MR) is 142 cm³/mol. The largest absolute Gasteiger partial charge is 0.357 e. The van der Waals surface area contributed by atoms with Gasteiger partial charge in [0.1, 0.15) is 0 Å². The molecule has 6 heteroatoms. The van der Waals surface area contributed by atoms with Crippen molar-refractivity contribution < 1.29 is 9.59 Å². The van der Waals surface area contributed by atoms with Crippen LogP contribution >= 0.6 is 23.2 Å². The van der Waals surface area contributed by atoms with Crippen molar-refractivity contribution in [3.05, 3.63) is 105 Å². The normalized spacial score (nSPS) is 18.9. The molecule has 1 heterocycles. The molecule has 1 atom stereocenters. The van der Waals surface area contributed by atoms with Crippen LogP contribution in [0.2, 0.25) is 10.0 Å². The van der Waals surface area contributed by atoms with Gasteiger partial charge in [-0.15, -0.1) is 0 Å². The van der Waals surface area contributed by atoms with Gasteiger partial charge in [0, 0.05) is 27.7 Å². The van der Waals surface area contributed by atoms with E-state index in [1.54, 1.807) is 29.2 Å². The summed E-state index contributed by atoms with van der Waals surface area (Å²) in [6, 6.07) is 21.9. The first-order chi connectivity index (χ1) is 16.7. The van der Waals surface area contributed by atoms with E-state index in [4.69, 9.17) is 23.2 Å². The van der Waals surface area contributed by atoms with Gasteiger partial charge in [-0.1, -0.05) is 73.4 Å².